The maximum Gasteiger partial charge on any atom is 0.126 e. The Hall–Kier alpha value is -1.13. The Kier molecular flexibility index (Phi) is 3.18. The standard InChI is InChI=1S/C11H14FNO2/c1-14-11-6-8(12)2-3-9(11)10-7-15-5-4-13-10/h2-3,6,10,13H,4-5,7H2,1H3/t10-/m0/s1. The molecule has 2 rings (SSSR count). The van der Waals surface area contributed by atoms with Gasteiger partial charge in [-0.2, -0.15) is 0 Å². The minimum atomic E-state index is -0.285. The van der Waals surface area contributed by atoms with Gasteiger partial charge < -0.3 is 14.8 Å². The number of ether oxygens (including phenoxy) is 2. The first-order valence-corrected chi connectivity index (χ1v) is 4.96. The number of rotatable bonds is 2. The van der Waals surface area contributed by atoms with Gasteiger partial charge in [0.05, 0.1) is 26.4 Å². The zero-order valence-electron chi connectivity index (χ0n) is 8.63. The molecule has 0 bridgehead atoms. The average Bonchev–Trinajstić information content (AvgIpc) is 2.30. The third-order valence-corrected chi connectivity index (χ3v) is 2.49. The van der Waals surface area contributed by atoms with Crippen molar-refractivity contribution in [3.8, 4) is 5.75 Å². The van der Waals surface area contributed by atoms with Crippen LogP contribution >= 0.6 is 0 Å². The van der Waals surface area contributed by atoms with Gasteiger partial charge in [0, 0.05) is 18.2 Å². The summed E-state index contributed by atoms with van der Waals surface area (Å²) >= 11 is 0. The van der Waals surface area contributed by atoms with Gasteiger partial charge in [0.2, 0.25) is 0 Å². The molecular formula is C11H14FNO2. The van der Waals surface area contributed by atoms with Gasteiger partial charge in [0.15, 0.2) is 0 Å². The minimum absolute atomic E-state index is 0.0919. The first-order chi connectivity index (χ1) is 7.31. The molecule has 82 valence electrons. The highest BCUT2D eigenvalue weighted by Gasteiger charge is 2.19. The molecule has 1 aromatic rings. The second kappa shape index (κ2) is 4.59. The highest BCUT2D eigenvalue weighted by Crippen LogP contribution is 2.27. The summed E-state index contributed by atoms with van der Waals surface area (Å²) in [6, 6.07) is 4.66. The number of halogens is 1. The Balaban J connectivity index is 2.25. The van der Waals surface area contributed by atoms with Gasteiger partial charge in [-0.3, -0.25) is 0 Å². The Morgan fingerprint density at radius 2 is 2.40 bits per heavy atom. The first kappa shape index (κ1) is 10.4. The summed E-state index contributed by atoms with van der Waals surface area (Å²) in [5.74, 6) is 0.283. The fraction of sp³-hybridized carbons (Fsp3) is 0.455. The van der Waals surface area contributed by atoms with Crippen molar-refractivity contribution >= 4 is 0 Å². The fourth-order valence-electron chi connectivity index (χ4n) is 1.74. The smallest absolute Gasteiger partial charge is 0.126 e. The Morgan fingerprint density at radius 3 is 3.07 bits per heavy atom. The van der Waals surface area contributed by atoms with Crippen molar-refractivity contribution in [1.29, 1.82) is 0 Å². The highest BCUT2D eigenvalue weighted by atomic mass is 19.1. The summed E-state index contributed by atoms with van der Waals surface area (Å²) in [7, 11) is 1.54. The van der Waals surface area contributed by atoms with Gasteiger partial charge in [-0.05, 0) is 6.07 Å². The van der Waals surface area contributed by atoms with E-state index in [9.17, 15) is 4.39 Å². The van der Waals surface area contributed by atoms with Crippen molar-refractivity contribution in [2.45, 2.75) is 6.04 Å². The summed E-state index contributed by atoms with van der Waals surface area (Å²) in [6.07, 6.45) is 0. The van der Waals surface area contributed by atoms with Crippen LogP contribution in [0, 0.1) is 5.82 Å². The molecule has 0 spiro atoms. The second-order valence-corrected chi connectivity index (χ2v) is 3.47. The van der Waals surface area contributed by atoms with E-state index in [1.165, 1.54) is 12.1 Å². The van der Waals surface area contributed by atoms with E-state index in [4.69, 9.17) is 9.47 Å². The van der Waals surface area contributed by atoms with Crippen LogP contribution in [0.5, 0.6) is 5.75 Å². The number of nitrogens with one attached hydrogen (secondary N) is 1. The van der Waals surface area contributed by atoms with Crippen molar-refractivity contribution in [3.63, 3.8) is 0 Å². The van der Waals surface area contributed by atoms with Gasteiger partial charge >= 0.3 is 0 Å². The molecular weight excluding hydrogens is 197 g/mol. The van der Waals surface area contributed by atoms with Gasteiger partial charge in [-0.1, -0.05) is 6.07 Å². The largest absolute Gasteiger partial charge is 0.496 e. The molecule has 0 saturated carbocycles. The molecule has 1 saturated heterocycles. The van der Waals surface area contributed by atoms with Crippen molar-refractivity contribution in [2.24, 2.45) is 0 Å². The molecule has 1 aliphatic rings. The van der Waals surface area contributed by atoms with E-state index in [2.05, 4.69) is 5.32 Å². The molecule has 1 fully saturated rings. The maximum atomic E-state index is 13.0. The zero-order valence-corrected chi connectivity index (χ0v) is 8.63. The van der Waals surface area contributed by atoms with Gasteiger partial charge in [-0.15, -0.1) is 0 Å². The van der Waals surface area contributed by atoms with E-state index in [1.807, 2.05) is 0 Å². The molecule has 0 amide bonds. The third-order valence-electron chi connectivity index (χ3n) is 2.49. The van der Waals surface area contributed by atoms with Crippen LogP contribution in [-0.2, 0) is 4.74 Å². The van der Waals surface area contributed by atoms with E-state index in [0.29, 0.717) is 12.4 Å². The molecule has 0 unspecified atom stereocenters. The molecule has 1 N–H and O–H groups in total. The van der Waals surface area contributed by atoms with E-state index < -0.39 is 0 Å². The SMILES string of the molecule is COc1cc(F)ccc1[C@@H]1COCCN1. The van der Waals surface area contributed by atoms with Crippen molar-refractivity contribution in [2.75, 3.05) is 26.9 Å². The van der Waals surface area contributed by atoms with Crippen molar-refractivity contribution in [1.82, 2.24) is 5.32 Å². The van der Waals surface area contributed by atoms with Crippen LogP contribution in [0.25, 0.3) is 0 Å². The summed E-state index contributed by atoms with van der Waals surface area (Å²) in [5, 5.41) is 3.30. The molecule has 4 heteroatoms. The second-order valence-electron chi connectivity index (χ2n) is 3.47. The fourth-order valence-corrected chi connectivity index (χ4v) is 1.74. The first-order valence-electron chi connectivity index (χ1n) is 4.96. The van der Waals surface area contributed by atoms with Crippen molar-refractivity contribution in [3.05, 3.63) is 29.6 Å². The lowest BCUT2D eigenvalue weighted by molar-refractivity contribution is 0.0760. The summed E-state index contributed by atoms with van der Waals surface area (Å²) in [5.41, 5.74) is 0.943. The van der Waals surface area contributed by atoms with Gasteiger partial charge in [-0.25, -0.2) is 4.39 Å². The van der Waals surface area contributed by atoms with Crippen LogP contribution in [-0.4, -0.2) is 26.9 Å². The third kappa shape index (κ3) is 2.27. The summed E-state index contributed by atoms with van der Waals surface area (Å²) in [6.45, 7) is 2.13. The monoisotopic (exact) mass is 211 g/mol. The van der Waals surface area contributed by atoms with Gasteiger partial charge in [0.25, 0.3) is 0 Å². The molecule has 1 atom stereocenters. The quantitative estimate of drug-likeness (QED) is 0.804. The number of hydrogen-bond acceptors (Lipinski definition) is 3. The average molecular weight is 211 g/mol. The molecule has 3 nitrogen and oxygen atoms in total. The Bertz CT molecular complexity index is 337. The normalized spacial score (nSPS) is 21.3. The molecule has 1 heterocycles. The topological polar surface area (TPSA) is 30.5 Å². The van der Waals surface area contributed by atoms with E-state index >= 15 is 0 Å². The maximum absolute atomic E-state index is 13.0. The molecule has 1 aliphatic heterocycles. The van der Waals surface area contributed by atoms with Crippen molar-refractivity contribution < 1.29 is 13.9 Å². The van der Waals surface area contributed by atoms with Crippen LogP contribution in [0.3, 0.4) is 0 Å². The predicted octanol–water partition coefficient (Wildman–Crippen LogP) is 1.50. The number of hydrogen-bond donors (Lipinski definition) is 1. The number of morpholine rings is 1. The minimum Gasteiger partial charge on any atom is -0.496 e. The molecule has 15 heavy (non-hydrogen) atoms. The lowest BCUT2D eigenvalue weighted by Gasteiger charge is -2.25. The molecule has 0 radical (unpaired) electrons. The van der Waals surface area contributed by atoms with Crippen LogP contribution < -0.4 is 10.1 Å². The van der Waals surface area contributed by atoms with Gasteiger partial charge in [0.1, 0.15) is 11.6 Å². The van der Waals surface area contributed by atoms with Crippen LogP contribution in [0.2, 0.25) is 0 Å². The molecule has 0 aliphatic carbocycles. The Morgan fingerprint density at radius 1 is 1.53 bits per heavy atom. The van der Waals surface area contributed by atoms with E-state index in [0.717, 1.165) is 18.7 Å². The van der Waals surface area contributed by atoms with Crippen LogP contribution in [0.4, 0.5) is 4.39 Å². The van der Waals surface area contributed by atoms with Crippen LogP contribution in [0.1, 0.15) is 11.6 Å². The van der Waals surface area contributed by atoms with E-state index in [-0.39, 0.29) is 11.9 Å². The van der Waals surface area contributed by atoms with E-state index in [1.54, 1.807) is 13.2 Å². The summed E-state index contributed by atoms with van der Waals surface area (Å²) in [4.78, 5) is 0. The molecule has 1 aromatic carbocycles. The lowest BCUT2D eigenvalue weighted by atomic mass is 10.1. The highest BCUT2D eigenvalue weighted by molar-refractivity contribution is 5.36. The number of benzene rings is 1. The van der Waals surface area contributed by atoms with Crippen LogP contribution in [0.15, 0.2) is 18.2 Å². The number of methoxy groups -OCH3 is 1. The lowest BCUT2D eigenvalue weighted by Crippen LogP contribution is -2.34. The Labute approximate surface area is 88.2 Å². The zero-order chi connectivity index (χ0) is 10.7. The molecule has 0 aromatic heterocycles. The predicted molar refractivity (Wildman–Crippen MR) is 54.5 cm³/mol. The summed E-state index contributed by atoms with van der Waals surface area (Å²) < 4.78 is 23.5.